The lowest BCUT2D eigenvalue weighted by Crippen LogP contribution is -2.16. The van der Waals surface area contributed by atoms with Crippen molar-refractivity contribution in [3.05, 3.63) is 60.7 Å². The Morgan fingerprint density at radius 1 is 0.389 bits per heavy atom. The fourth-order valence-electron chi connectivity index (χ4n) is 2.73. The van der Waals surface area contributed by atoms with Gasteiger partial charge in [0.25, 0.3) is 0 Å². The molecule has 0 amide bonds. The lowest BCUT2D eigenvalue weighted by atomic mass is 10.4. The average Bonchev–Trinajstić information content (AvgIpc) is 2.89. The molecule has 0 spiro atoms. The van der Waals surface area contributed by atoms with Crippen molar-refractivity contribution < 1.29 is 45.3 Å². The second kappa shape index (κ2) is 17.5. The zero-order valence-electron chi connectivity index (χ0n) is 20.2. The molecule has 0 aliphatic carbocycles. The van der Waals surface area contributed by atoms with E-state index < -0.39 is 19.7 Å². The Morgan fingerprint density at radius 2 is 0.639 bits per heavy atom. The summed E-state index contributed by atoms with van der Waals surface area (Å²) in [6.07, 6.45) is 0. The predicted octanol–water partition coefficient (Wildman–Crippen LogP) is 1.95. The van der Waals surface area contributed by atoms with Crippen LogP contribution in [-0.4, -0.2) is 94.8 Å². The summed E-state index contributed by atoms with van der Waals surface area (Å²) in [5.41, 5.74) is 0. The van der Waals surface area contributed by atoms with Crippen LogP contribution in [0.4, 0.5) is 0 Å². The second-order valence-electron chi connectivity index (χ2n) is 7.36. The number of rotatable bonds is 21. The van der Waals surface area contributed by atoms with Gasteiger partial charge < -0.3 is 28.4 Å². The van der Waals surface area contributed by atoms with Crippen LogP contribution in [0.15, 0.2) is 70.5 Å². The zero-order chi connectivity index (χ0) is 26.0. The molecule has 0 saturated carbocycles. The van der Waals surface area contributed by atoms with Gasteiger partial charge in [-0.2, -0.15) is 0 Å². The van der Waals surface area contributed by atoms with Gasteiger partial charge in [0.05, 0.1) is 75.9 Å². The summed E-state index contributed by atoms with van der Waals surface area (Å²) in [7, 11) is -6.90. The van der Waals surface area contributed by atoms with Crippen molar-refractivity contribution in [3.8, 4) is 0 Å². The van der Waals surface area contributed by atoms with E-state index in [2.05, 4.69) is 0 Å². The predicted molar refractivity (Wildman–Crippen MR) is 132 cm³/mol. The van der Waals surface area contributed by atoms with E-state index in [0.29, 0.717) is 39.6 Å². The molecule has 12 heteroatoms. The van der Waals surface area contributed by atoms with Gasteiger partial charge in [-0.3, -0.25) is 0 Å². The van der Waals surface area contributed by atoms with E-state index in [1.807, 2.05) is 0 Å². The Balaban J connectivity index is 1.31. The quantitative estimate of drug-likeness (QED) is 0.215. The largest absolute Gasteiger partial charge is 0.377 e. The Hall–Kier alpha value is -1.90. The van der Waals surface area contributed by atoms with Gasteiger partial charge in [-0.1, -0.05) is 36.4 Å². The molecule has 0 aliphatic heterocycles. The molecule has 0 fully saturated rings. The first-order chi connectivity index (χ1) is 17.4. The van der Waals surface area contributed by atoms with Gasteiger partial charge in [-0.15, -0.1) is 0 Å². The van der Waals surface area contributed by atoms with E-state index in [1.54, 1.807) is 36.4 Å². The Bertz CT molecular complexity index is 944. The van der Waals surface area contributed by atoms with Crippen molar-refractivity contribution in [1.82, 2.24) is 0 Å². The minimum atomic E-state index is -3.45. The Labute approximate surface area is 213 Å². The van der Waals surface area contributed by atoms with Crippen LogP contribution in [0.25, 0.3) is 0 Å². The molecule has 0 N–H and O–H groups in total. The van der Waals surface area contributed by atoms with Crippen molar-refractivity contribution in [1.29, 1.82) is 0 Å². The molecule has 202 valence electrons. The maximum Gasteiger partial charge on any atom is 0.202 e. The summed E-state index contributed by atoms with van der Waals surface area (Å²) in [6, 6.07) is 16.3. The smallest absolute Gasteiger partial charge is 0.202 e. The van der Waals surface area contributed by atoms with Gasteiger partial charge in [-0.05, 0) is 24.3 Å². The first-order valence-electron chi connectivity index (χ1n) is 11.4. The number of hydrogen-bond donors (Lipinski definition) is 0. The monoisotopic (exact) mass is 546 g/mol. The molecule has 10 nitrogen and oxygen atoms in total. The van der Waals surface area contributed by atoms with E-state index in [1.165, 1.54) is 24.3 Å². The molecule has 0 aliphatic rings. The number of benzene rings is 2. The first kappa shape index (κ1) is 30.3. The molecule has 0 aromatic heterocycles. The zero-order valence-corrected chi connectivity index (χ0v) is 21.8. The molecule has 0 unspecified atom stereocenters. The third-order valence-corrected chi connectivity index (χ3v) is 7.48. The van der Waals surface area contributed by atoms with Crippen molar-refractivity contribution >= 4 is 19.7 Å². The van der Waals surface area contributed by atoms with Crippen molar-refractivity contribution in [2.24, 2.45) is 0 Å². The van der Waals surface area contributed by atoms with Crippen LogP contribution in [-0.2, 0) is 48.1 Å². The van der Waals surface area contributed by atoms with Gasteiger partial charge in [-0.25, -0.2) is 16.8 Å². The highest BCUT2D eigenvalue weighted by Crippen LogP contribution is 2.10. The summed E-state index contributed by atoms with van der Waals surface area (Å²) in [5.74, 6) is -0.776. The van der Waals surface area contributed by atoms with E-state index in [4.69, 9.17) is 28.4 Å². The van der Waals surface area contributed by atoms with Crippen LogP contribution in [0.3, 0.4) is 0 Å². The molecule has 2 aromatic rings. The first-order valence-corrected chi connectivity index (χ1v) is 14.7. The minimum absolute atomic E-state index is 0.170. The fraction of sp³-hybridized carbons (Fsp3) is 0.500. The summed E-state index contributed by atoms with van der Waals surface area (Å²) in [4.78, 5) is 0.462. The summed E-state index contributed by atoms with van der Waals surface area (Å²) in [6.45, 7) is 3.15. The van der Waals surface area contributed by atoms with Gasteiger partial charge in [0, 0.05) is 0 Å². The number of ether oxygens (including phenoxy) is 6. The molecule has 36 heavy (non-hydrogen) atoms. The van der Waals surface area contributed by atoms with Gasteiger partial charge in [0.1, 0.15) is 0 Å². The lowest BCUT2D eigenvalue weighted by molar-refractivity contribution is -0.0134. The van der Waals surface area contributed by atoms with Gasteiger partial charge in [0.2, 0.25) is 19.7 Å². The maximum absolute atomic E-state index is 12.0. The topological polar surface area (TPSA) is 124 Å². The molecule has 2 aromatic carbocycles. The summed E-state index contributed by atoms with van der Waals surface area (Å²) >= 11 is 0. The number of hydrogen-bond acceptors (Lipinski definition) is 10. The molecule has 0 saturated heterocycles. The van der Waals surface area contributed by atoms with E-state index >= 15 is 0 Å². The minimum Gasteiger partial charge on any atom is -0.377 e. The summed E-state index contributed by atoms with van der Waals surface area (Å²) in [5, 5.41) is 0. The summed E-state index contributed by atoms with van der Waals surface area (Å²) < 4.78 is 79.9. The van der Waals surface area contributed by atoms with E-state index in [-0.39, 0.29) is 48.1 Å². The maximum atomic E-state index is 12.0. The van der Waals surface area contributed by atoms with Crippen LogP contribution >= 0.6 is 0 Å². The molecule has 0 heterocycles. The van der Waals surface area contributed by atoms with E-state index in [9.17, 15) is 16.8 Å². The molecule has 2 rings (SSSR count). The standard InChI is InChI=1S/C24H34O10S2/c25-35(26,23-7-3-1-4-8-23)21-33-19-17-31-15-13-29-11-12-30-14-16-32-18-20-34-22-36(27,28)24-9-5-2-6-10-24/h1-10H,11-22H2. The van der Waals surface area contributed by atoms with E-state index in [0.717, 1.165) is 0 Å². The molecule has 0 atom stereocenters. The molecular formula is C24H34O10S2. The number of sulfone groups is 2. The third-order valence-electron chi connectivity index (χ3n) is 4.54. The van der Waals surface area contributed by atoms with Crippen LogP contribution in [0.5, 0.6) is 0 Å². The third kappa shape index (κ3) is 12.9. The van der Waals surface area contributed by atoms with Crippen molar-refractivity contribution in [2.75, 3.05) is 77.9 Å². The highest BCUT2D eigenvalue weighted by Gasteiger charge is 2.14. The fourth-order valence-corrected chi connectivity index (χ4v) is 4.82. The van der Waals surface area contributed by atoms with Gasteiger partial charge in [0.15, 0.2) is 11.9 Å². The Kier molecular flexibility index (Phi) is 14.8. The molecule has 0 bridgehead atoms. The normalized spacial score (nSPS) is 12.1. The molecule has 0 radical (unpaired) electrons. The molecular weight excluding hydrogens is 512 g/mol. The highest BCUT2D eigenvalue weighted by molar-refractivity contribution is 7.91. The van der Waals surface area contributed by atoms with Crippen molar-refractivity contribution in [2.45, 2.75) is 9.79 Å². The SMILES string of the molecule is O=S(=O)(COCCOCCOCCOCCOCCOCS(=O)(=O)c1ccccc1)c1ccccc1. The van der Waals surface area contributed by atoms with Crippen LogP contribution < -0.4 is 0 Å². The highest BCUT2D eigenvalue weighted by atomic mass is 32.2. The van der Waals surface area contributed by atoms with Crippen LogP contribution in [0.1, 0.15) is 0 Å². The van der Waals surface area contributed by atoms with Crippen LogP contribution in [0, 0.1) is 0 Å². The van der Waals surface area contributed by atoms with Gasteiger partial charge >= 0.3 is 0 Å². The Morgan fingerprint density at radius 3 is 0.917 bits per heavy atom. The lowest BCUT2D eigenvalue weighted by Gasteiger charge is -2.09. The van der Waals surface area contributed by atoms with Crippen LogP contribution in [0.2, 0.25) is 0 Å². The second-order valence-corrected chi connectivity index (χ2v) is 11.2. The van der Waals surface area contributed by atoms with Crippen molar-refractivity contribution in [3.63, 3.8) is 0 Å². The average molecular weight is 547 g/mol.